The molecule has 1 aliphatic rings. The van der Waals surface area contributed by atoms with Gasteiger partial charge in [0.2, 0.25) is 0 Å². The summed E-state index contributed by atoms with van der Waals surface area (Å²) in [4.78, 5) is 0. The Kier molecular flexibility index (Phi) is 2.92. The van der Waals surface area contributed by atoms with Crippen LogP contribution in [-0.2, 0) is 0 Å². The fourth-order valence-electron chi connectivity index (χ4n) is 0.938. The molecule has 1 atom stereocenters. The molecule has 0 fully saturated rings. The van der Waals surface area contributed by atoms with Gasteiger partial charge in [-0.05, 0) is 25.0 Å². The summed E-state index contributed by atoms with van der Waals surface area (Å²) in [5.74, 6) is 0. The van der Waals surface area contributed by atoms with Crippen LogP contribution in [0.2, 0.25) is 0 Å². The number of halogens is 1. The topological polar surface area (TPSA) is 20.2 Å². The smallest absolute Gasteiger partial charge is 0.0761 e. The predicted molar refractivity (Wildman–Crippen MR) is 47.5 cm³/mol. The lowest BCUT2D eigenvalue weighted by atomic mass is 10.1. The summed E-state index contributed by atoms with van der Waals surface area (Å²) in [7, 11) is 0. The summed E-state index contributed by atoms with van der Waals surface area (Å²) >= 11 is 5.84. The van der Waals surface area contributed by atoms with Gasteiger partial charge in [0, 0.05) is 5.03 Å². The first-order valence-corrected chi connectivity index (χ1v) is 3.97. The largest absolute Gasteiger partial charge is 0.389 e. The molecule has 1 nitrogen and oxygen atoms in total. The summed E-state index contributed by atoms with van der Waals surface area (Å²) in [5, 5.41) is 9.98. The van der Waals surface area contributed by atoms with Gasteiger partial charge >= 0.3 is 0 Å². The van der Waals surface area contributed by atoms with Gasteiger partial charge in [-0.2, -0.15) is 0 Å². The molecule has 0 bridgehead atoms. The zero-order valence-electron chi connectivity index (χ0n) is 6.42. The van der Waals surface area contributed by atoms with E-state index in [1.165, 1.54) is 0 Å². The Hall–Kier alpha value is -0.530. The second kappa shape index (κ2) is 3.74. The van der Waals surface area contributed by atoms with Gasteiger partial charge < -0.3 is 5.11 Å². The van der Waals surface area contributed by atoms with Crippen LogP contribution in [-0.4, -0.2) is 11.2 Å². The van der Waals surface area contributed by atoms with E-state index in [2.05, 4.69) is 0 Å². The van der Waals surface area contributed by atoms with Crippen molar-refractivity contribution in [2.24, 2.45) is 0 Å². The van der Waals surface area contributed by atoms with Crippen molar-refractivity contribution in [2.75, 3.05) is 0 Å². The molecule has 0 saturated carbocycles. The molecule has 0 heterocycles. The fraction of sp³-hybridized carbons (Fsp3) is 0.333. The van der Waals surface area contributed by atoms with Crippen LogP contribution in [0.5, 0.6) is 0 Å². The van der Waals surface area contributed by atoms with Crippen molar-refractivity contribution in [3.05, 3.63) is 34.9 Å². The zero-order chi connectivity index (χ0) is 8.27. The molecule has 0 spiro atoms. The Bertz CT molecular complexity index is 226. The number of rotatable bonds is 0. The molecule has 1 unspecified atom stereocenters. The van der Waals surface area contributed by atoms with Gasteiger partial charge in [0.1, 0.15) is 0 Å². The second-order valence-electron chi connectivity index (χ2n) is 2.60. The van der Waals surface area contributed by atoms with Crippen molar-refractivity contribution in [3.8, 4) is 0 Å². The van der Waals surface area contributed by atoms with Gasteiger partial charge in [-0.3, -0.25) is 0 Å². The third kappa shape index (κ3) is 2.52. The normalized spacial score (nSPS) is 37.5. The molecule has 0 amide bonds. The van der Waals surface area contributed by atoms with Crippen molar-refractivity contribution in [2.45, 2.75) is 19.4 Å². The number of aliphatic hydroxyl groups is 1. The van der Waals surface area contributed by atoms with Gasteiger partial charge in [0.25, 0.3) is 0 Å². The van der Waals surface area contributed by atoms with Crippen LogP contribution < -0.4 is 0 Å². The van der Waals surface area contributed by atoms with E-state index < -0.39 is 6.10 Å². The van der Waals surface area contributed by atoms with Crippen molar-refractivity contribution in [3.63, 3.8) is 0 Å². The fourth-order valence-corrected chi connectivity index (χ4v) is 1.07. The highest BCUT2D eigenvalue weighted by molar-refractivity contribution is 6.32. The molecule has 0 saturated heterocycles. The number of aliphatic hydroxyl groups excluding tert-OH is 1. The van der Waals surface area contributed by atoms with E-state index in [0.717, 1.165) is 5.57 Å². The maximum absolute atomic E-state index is 9.29. The standard InChI is InChI=1S/C9H11ClO/c1-7-6-8(11)4-2-3-5-9(7)10/h2-3,5-6,8,11H,4H2,1H3/b3-2+,7-6-,9-5+. The average molecular weight is 171 g/mol. The lowest BCUT2D eigenvalue weighted by molar-refractivity contribution is 0.226. The molecule has 0 radical (unpaired) electrons. The van der Waals surface area contributed by atoms with E-state index in [4.69, 9.17) is 11.6 Å². The van der Waals surface area contributed by atoms with Gasteiger partial charge in [0.15, 0.2) is 0 Å². The van der Waals surface area contributed by atoms with Crippen LogP contribution >= 0.6 is 11.6 Å². The maximum Gasteiger partial charge on any atom is 0.0761 e. The van der Waals surface area contributed by atoms with Crippen LogP contribution in [0, 0.1) is 0 Å². The highest BCUT2D eigenvalue weighted by Gasteiger charge is 2.02. The minimum absolute atomic E-state index is 0.395. The van der Waals surface area contributed by atoms with Crippen molar-refractivity contribution in [1.29, 1.82) is 0 Å². The van der Waals surface area contributed by atoms with Gasteiger partial charge in [-0.15, -0.1) is 0 Å². The number of allylic oxidation sites excluding steroid dienone is 4. The summed E-state index contributed by atoms with van der Waals surface area (Å²) < 4.78 is 0. The SMILES string of the molecule is CC1=C/C(O)C/C=C/C=C\1Cl. The van der Waals surface area contributed by atoms with E-state index in [1.807, 2.05) is 25.2 Å². The Morgan fingerprint density at radius 1 is 1.64 bits per heavy atom. The van der Waals surface area contributed by atoms with Crippen LogP contribution in [0.25, 0.3) is 0 Å². The Balaban J connectivity index is 2.88. The molecule has 60 valence electrons. The van der Waals surface area contributed by atoms with Gasteiger partial charge in [-0.25, -0.2) is 0 Å². The van der Waals surface area contributed by atoms with Crippen LogP contribution in [0.15, 0.2) is 34.9 Å². The first kappa shape index (κ1) is 8.57. The lowest BCUT2D eigenvalue weighted by Crippen LogP contribution is -2.01. The molecule has 2 heteroatoms. The van der Waals surface area contributed by atoms with Crippen molar-refractivity contribution < 1.29 is 5.11 Å². The molecule has 1 N–H and O–H groups in total. The summed E-state index contributed by atoms with van der Waals surface area (Å²) in [6, 6.07) is 0. The third-order valence-corrected chi connectivity index (χ3v) is 2.00. The maximum atomic E-state index is 9.29. The highest BCUT2D eigenvalue weighted by Crippen LogP contribution is 2.17. The minimum atomic E-state index is -0.395. The highest BCUT2D eigenvalue weighted by atomic mass is 35.5. The van der Waals surface area contributed by atoms with E-state index in [9.17, 15) is 5.11 Å². The Morgan fingerprint density at radius 2 is 2.36 bits per heavy atom. The molecule has 1 aliphatic carbocycles. The first-order valence-electron chi connectivity index (χ1n) is 3.59. The Labute approximate surface area is 71.7 Å². The molecule has 0 aromatic heterocycles. The van der Waals surface area contributed by atoms with Crippen molar-refractivity contribution in [1.82, 2.24) is 0 Å². The summed E-state index contributed by atoms with van der Waals surface area (Å²) in [5.41, 5.74) is 0.934. The number of hydrogen-bond acceptors (Lipinski definition) is 1. The Morgan fingerprint density at radius 3 is 3.09 bits per heavy atom. The molecule has 11 heavy (non-hydrogen) atoms. The molecule has 0 aromatic carbocycles. The molecular weight excluding hydrogens is 160 g/mol. The summed E-state index contributed by atoms with van der Waals surface area (Å²) in [6.45, 7) is 1.89. The van der Waals surface area contributed by atoms with E-state index in [1.54, 1.807) is 6.08 Å². The van der Waals surface area contributed by atoms with Crippen LogP contribution in [0.3, 0.4) is 0 Å². The molecular formula is C9H11ClO. The van der Waals surface area contributed by atoms with E-state index in [0.29, 0.717) is 11.5 Å². The van der Waals surface area contributed by atoms with Gasteiger partial charge in [-0.1, -0.05) is 29.8 Å². The molecule has 1 rings (SSSR count). The van der Waals surface area contributed by atoms with Crippen LogP contribution in [0.4, 0.5) is 0 Å². The average Bonchev–Trinajstić information content (AvgIpc) is 1.95. The first-order chi connectivity index (χ1) is 5.20. The molecule has 0 aliphatic heterocycles. The molecule has 0 aromatic rings. The third-order valence-electron chi connectivity index (χ3n) is 1.58. The van der Waals surface area contributed by atoms with Gasteiger partial charge in [0.05, 0.1) is 6.10 Å². The second-order valence-corrected chi connectivity index (χ2v) is 3.00. The summed E-state index contributed by atoms with van der Waals surface area (Å²) in [6.07, 6.45) is 7.63. The van der Waals surface area contributed by atoms with Crippen LogP contribution in [0.1, 0.15) is 13.3 Å². The monoisotopic (exact) mass is 170 g/mol. The van der Waals surface area contributed by atoms with Crippen molar-refractivity contribution >= 4 is 11.6 Å². The van der Waals surface area contributed by atoms with E-state index in [-0.39, 0.29) is 0 Å². The number of hydrogen-bond donors (Lipinski definition) is 1. The minimum Gasteiger partial charge on any atom is -0.389 e. The predicted octanol–water partition coefficient (Wildman–Crippen LogP) is 2.38. The lowest BCUT2D eigenvalue weighted by Gasteiger charge is -2.06. The van der Waals surface area contributed by atoms with E-state index >= 15 is 0 Å². The quantitative estimate of drug-likeness (QED) is 0.592. The zero-order valence-corrected chi connectivity index (χ0v) is 7.17.